The molecule has 1 aliphatic heterocycles. The van der Waals surface area contributed by atoms with Gasteiger partial charge in [-0.1, -0.05) is 0 Å². The number of thiazole rings is 1. The minimum Gasteiger partial charge on any atom is -0.480 e. The van der Waals surface area contributed by atoms with E-state index in [-0.39, 0.29) is 5.76 Å². The highest BCUT2D eigenvalue weighted by atomic mass is 32.1. The molecule has 5 heteroatoms. The topological polar surface area (TPSA) is 48.4 Å². The van der Waals surface area contributed by atoms with E-state index in [9.17, 15) is 4.79 Å². The van der Waals surface area contributed by atoms with Gasteiger partial charge in [0.1, 0.15) is 17.7 Å². The molecule has 2 rings (SSSR count). The molecule has 78 valence electrons. The maximum Gasteiger partial charge on any atom is 0.213 e. The number of rotatable bonds is 3. The van der Waals surface area contributed by atoms with Crippen LogP contribution in [0.5, 0.6) is 0 Å². The van der Waals surface area contributed by atoms with Gasteiger partial charge < -0.3 is 9.47 Å². The quantitative estimate of drug-likeness (QED) is 0.573. The molecule has 0 radical (unpaired) electrons. The summed E-state index contributed by atoms with van der Waals surface area (Å²) < 4.78 is 10.5. The maximum atomic E-state index is 10.5. The number of hydrogen-bond acceptors (Lipinski definition) is 5. The molecule has 0 bridgehead atoms. The fourth-order valence-electron chi connectivity index (χ4n) is 1.19. The number of aromatic nitrogens is 1. The van der Waals surface area contributed by atoms with Gasteiger partial charge in [-0.15, -0.1) is 11.3 Å². The Bertz CT molecular complexity index is 393. The lowest BCUT2D eigenvalue weighted by Gasteiger charge is -2.18. The molecule has 0 saturated heterocycles. The van der Waals surface area contributed by atoms with Crippen molar-refractivity contribution in [1.82, 2.24) is 4.98 Å². The number of ether oxygens (including phenoxy) is 2. The first-order chi connectivity index (χ1) is 7.40. The van der Waals surface area contributed by atoms with Crippen LogP contribution in [0.2, 0.25) is 0 Å². The summed E-state index contributed by atoms with van der Waals surface area (Å²) in [5, 5.41) is 2.75. The van der Waals surface area contributed by atoms with Crippen molar-refractivity contribution in [1.29, 1.82) is 0 Å². The van der Waals surface area contributed by atoms with E-state index in [2.05, 4.69) is 4.98 Å². The van der Waals surface area contributed by atoms with Gasteiger partial charge in [0.05, 0.1) is 6.61 Å². The van der Waals surface area contributed by atoms with Gasteiger partial charge in [-0.3, -0.25) is 0 Å². The molecule has 0 amide bonds. The van der Waals surface area contributed by atoms with Crippen LogP contribution in [-0.2, 0) is 20.9 Å². The number of hydrogen-bond donors (Lipinski definition) is 0. The van der Waals surface area contributed by atoms with Crippen LogP contribution in [0, 0.1) is 0 Å². The zero-order chi connectivity index (χ0) is 10.5. The molecule has 0 aliphatic carbocycles. The van der Waals surface area contributed by atoms with Crippen LogP contribution >= 0.6 is 11.3 Å². The fourth-order valence-corrected chi connectivity index (χ4v) is 1.73. The minimum absolute atomic E-state index is 0.203. The first-order valence-corrected chi connectivity index (χ1v) is 5.32. The molecule has 1 aromatic heterocycles. The molecule has 1 aliphatic rings. The summed E-state index contributed by atoms with van der Waals surface area (Å²) in [7, 11) is 0. The third-order valence-corrected chi connectivity index (χ3v) is 2.63. The Hall–Kier alpha value is -1.42. The van der Waals surface area contributed by atoms with Gasteiger partial charge in [0.2, 0.25) is 5.76 Å². The highest BCUT2D eigenvalue weighted by Crippen LogP contribution is 2.15. The SMILES string of the molecule is O=C=C1OCC=CC1OCc1nccs1. The predicted octanol–water partition coefficient (Wildman–Crippen LogP) is 1.33. The van der Waals surface area contributed by atoms with Crippen LogP contribution in [0.1, 0.15) is 5.01 Å². The summed E-state index contributed by atoms with van der Waals surface area (Å²) >= 11 is 1.51. The summed E-state index contributed by atoms with van der Waals surface area (Å²) in [4.78, 5) is 14.6. The lowest BCUT2D eigenvalue weighted by atomic mass is 10.2. The van der Waals surface area contributed by atoms with Gasteiger partial charge in [-0.2, -0.15) is 0 Å². The van der Waals surface area contributed by atoms with Crippen molar-refractivity contribution in [2.24, 2.45) is 0 Å². The first kappa shape index (κ1) is 10.1. The van der Waals surface area contributed by atoms with E-state index in [1.165, 1.54) is 11.3 Å². The van der Waals surface area contributed by atoms with E-state index in [1.54, 1.807) is 18.2 Å². The molecule has 0 N–H and O–H groups in total. The Kier molecular flexibility index (Phi) is 3.29. The van der Waals surface area contributed by atoms with Gasteiger partial charge >= 0.3 is 0 Å². The molecular weight excluding hydrogens is 214 g/mol. The van der Waals surface area contributed by atoms with Gasteiger partial charge in [-0.25, -0.2) is 9.78 Å². The monoisotopic (exact) mass is 223 g/mol. The Morgan fingerprint density at radius 1 is 1.73 bits per heavy atom. The summed E-state index contributed by atoms with van der Waals surface area (Å²) in [5.41, 5.74) is 0. The van der Waals surface area contributed by atoms with Crippen LogP contribution in [0.15, 0.2) is 29.5 Å². The van der Waals surface area contributed by atoms with Crippen molar-refractivity contribution in [3.63, 3.8) is 0 Å². The number of nitrogens with zero attached hydrogens (tertiary/aromatic N) is 1. The molecule has 0 aromatic carbocycles. The molecule has 15 heavy (non-hydrogen) atoms. The van der Waals surface area contributed by atoms with Crippen molar-refractivity contribution in [2.45, 2.75) is 12.7 Å². The van der Waals surface area contributed by atoms with Gasteiger partial charge in [-0.05, 0) is 12.2 Å². The average Bonchev–Trinajstić information content (AvgIpc) is 2.79. The van der Waals surface area contributed by atoms with E-state index in [1.807, 2.05) is 11.5 Å². The zero-order valence-corrected chi connectivity index (χ0v) is 8.70. The van der Waals surface area contributed by atoms with Gasteiger partial charge in [0, 0.05) is 11.6 Å². The van der Waals surface area contributed by atoms with Gasteiger partial charge in [0.25, 0.3) is 0 Å². The molecule has 0 spiro atoms. The third kappa shape index (κ3) is 2.53. The summed E-state index contributed by atoms with van der Waals surface area (Å²) in [6.07, 6.45) is 4.89. The Balaban J connectivity index is 1.96. The maximum absolute atomic E-state index is 10.5. The lowest BCUT2D eigenvalue weighted by Crippen LogP contribution is -2.19. The predicted molar refractivity (Wildman–Crippen MR) is 55.0 cm³/mol. The van der Waals surface area contributed by atoms with Crippen LogP contribution in [-0.4, -0.2) is 23.6 Å². The smallest absolute Gasteiger partial charge is 0.213 e. The molecule has 1 atom stereocenters. The zero-order valence-electron chi connectivity index (χ0n) is 7.88. The normalized spacial score (nSPS) is 19.7. The second-order valence-corrected chi connectivity index (χ2v) is 3.84. The van der Waals surface area contributed by atoms with Crippen molar-refractivity contribution in [3.8, 4) is 0 Å². The third-order valence-electron chi connectivity index (χ3n) is 1.87. The van der Waals surface area contributed by atoms with Crippen LogP contribution < -0.4 is 0 Å². The standard InChI is InChI=1S/C10H9NO3S/c12-6-9-8(2-1-4-13-9)14-7-10-11-3-5-15-10/h1-3,5,8H,4,7H2. The second-order valence-electron chi connectivity index (χ2n) is 2.86. The minimum atomic E-state index is -0.430. The molecule has 2 heterocycles. The van der Waals surface area contributed by atoms with Crippen LogP contribution in [0.4, 0.5) is 0 Å². The molecule has 0 fully saturated rings. The van der Waals surface area contributed by atoms with E-state index in [0.717, 1.165) is 5.01 Å². The van der Waals surface area contributed by atoms with Crippen molar-refractivity contribution >= 4 is 17.3 Å². The summed E-state index contributed by atoms with van der Waals surface area (Å²) in [6, 6.07) is 0. The molecule has 1 aromatic rings. The first-order valence-electron chi connectivity index (χ1n) is 4.44. The highest BCUT2D eigenvalue weighted by molar-refractivity contribution is 7.09. The van der Waals surface area contributed by atoms with Crippen LogP contribution in [0.3, 0.4) is 0 Å². The van der Waals surface area contributed by atoms with E-state index in [4.69, 9.17) is 9.47 Å². The van der Waals surface area contributed by atoms with Crippen molar-refractivity contribution in [3.05, 3.63) is 34.5 Å². The van der Waals surface area contributed by atoms with Crippen molar-refractivity contribution in [2.75, 3.05) is 6.61 Å². The van der Waals surface area contributed by atoms with Crippen molar-refractivity contribution < 1.29 is 14.3 Å². The van der Waals surface area contributed by atoms with E-state index in [0.29, 0.717) is 13.2 Å². The average molecular weight is 223 g/mol. The lowest BCUT2D eigenvalue weighted by molar-refractivity contribution is 0.0454. The summed E-state index contributed by atoms with van der Waals surface area (Å²) in [6.45, 7) is 0.781. The molecule has 1 unspecified atom stereocenters. The second kappa shape index (κ2) is 4.89. The van der Waals surface area contributed by atoms with Crippen LogP contribution in [0.25, 0.3) is 0 Å². The molecule has 4 nitrogen and oxygen atoms in total. The fraction of sp³-hybridized carbons (Fsp3) is 0.300. The van der Waals surface area contributed by atoms with E-state index >= 15 is 0 Å². The largest absolute Gasteiger partial charge is 0.480 e. The Morgan fingerprint density at radius 3 is 3.40 bits per heavy atom. The Morgan fingerprint density at radius 2 is 2.67 bits per heavy atom. The van der Waals surface area contributed by atoms with E-state index < -0.39 is 6.10 Å². The Labute approximate surface area is 90.8 Å². The van der Waals surface area contributed by atoms with Gasteiger partial charge in [0.15, 0.2) is 5.94 Å². The highest BCUT2D eigenvalue weighted by Gasteiger charge is 2.18. The number of carbonyl (C=O) groups excluding carboxylic acids is 1. The molecule has 0 saturated carbocycles. The summed E-state index contributed by atoms with van der Waals surface area (Å²) in [5.74, 6) is 1.94. The molecular formula is C10H9NO3S.